The SMILES string of the molecule is O=C(O)CNC1CCCC(C(=O)O)C1. The van der Waals surface area contributed by atoms with Gasteiger partial charge in [-0.25, -0.2) is 0 Å². The summed E-state index contributed by atoms with van der Waals surface area (Å²) >= 11 is 0. The number of hydrogen-bond acceptors (Lipinski definition) is 3. The fraction of sp³-hybridized carbons (Fsp3) is 0.778. The van der Waals surface area contributed by atoms with Crippen molar-refractivity contribution >= 4 is 11.9 Å². The van der Waals surface area contributed by atoms with Gasteiger partial charge in [0.05, 0.1) is 12.5 Å². The zero-order valence-corrected chi connectivity index (χ0v) is 7.90. The van der Waals surface area contributed by atoms with E-state index in [4.69, 9.17) is 10.2 Å². The van der Waals surface area contributed by atoms with Crippen molar-refractivity contribution in [2.75, 3.05) is 6.54 Å². The molecular formula is C9H15NO4. The Kier molecular flexibility index (Phi) is 3.88. The molecule has 2 unspecified atom stereocenters. The van der Waals surface area contributed by atoms with Crippen LogP contribution in [0.2, 0.25) is 0 Å². The fourth-order valence-corrected chi connectivity index (χ4v) is 1.83. The highest BCUT2D eigenvalue weighted by atomic mass is 16.4. The van der Waals surface area contributed by atoms with Crippen LogP contribution in [0.5, 0.6) is 0 Å². The van der Waals surface area contributed by atoms with Crippen molar-refractivity contribution < 1.29 is 19.8 Å². The van der Waals surface area contributed by atoms with Gasteiger partial charge in [-0.15, -0.1) is 0 Å². The number of carbonyl (C=O) groups is 2. The van der Waals surface area contributed by atoms with Crippen molar-refractivity contribution in [2.45, 2.75) is 31.7 Å². The van der Waals surface area contributed by atoms with Crippen LogP contribution < -0.4 is 5.32 Å². The molecule has 0 bridgehead atoms. The molecule has 1 aliphatic rings. The fourth-order valence-electron chi connectivity index (χ4n) is 1.83. The molecule has 5 nitrogen and oxygen atoms in total. The van der Waals surface area contributed by atoms with Crippen LogP contribution in [0.4, 0.5) is 0 Å². The van der Waals surface area contributed by atoms with Crippen LogP contribution in [0.3, 0.4) is 0 Å². The first-order chi connectivity index (χ1) is 6.59. The molecule has 0 heterocycles. The Hall–Kier alpha value is -1.10. The van der Waals surface area contributed by atoms with Gasteiger partial charge >= 0.3 is 11.9 Å². The third kappa shape index (κ3) is 3.33. The summed E-state index contributed by atoms with van der Waals surface area (Å²) in [6.07, 6.45) is 2.98. The molecule has 0 spiro atoms. The van der Waals surface area contributed by atoms with Crippen molar-refractivity contribution in [1.82, 2.24) is 5.32 Å². The third-order valence-corrected chi connectivity index (χ3v) is 2.57. The van der Waals surface area contributed by atoms with Gasteiger partial charge in [0.2, 0.25) is 0 Å². The number of carboxylic acid groups (broad SMARTS) is 2. The summed E-state index contributed by atoms with van der Waals surface area (Å²) in [7, 11) is 0. The normalized spacial score (nSPS) is 27.1. The Labute approximate surface area is 82.1 Å². The summed E-state index contributed by atoms with van der Waals surface area (Å²) in [6, 6.07) is 0.0425. The van der Waals surface area contributed by atoms with Crippen LogP contribution in [-0.2, 0) is 9.59 Å². The Morgan fingerprint density at radius 2 is 2.00 bits per heavy atom. The maximum absolute atomic E-state index is 10.7. The van der Waals surface area contributed by atoms with Crippen LogP contribution in [0, 0.1) is 5.92 Å². The topological polar surface area (TPSA) is 86.6 Å². The van der Waals surface area contributed by atoms with Gasteiger partial charge in [0.1, 0.15) is 0 Å². The second kappa shape index (κ2) is 4.95. The van der Waals surface area contributed by atoms with E-state index in [1.165, 1.54) is 0 Å². The van der Waals surface area contributed by atoms with Gasteiger partial charge in [-0.05, 0) is 19.3 Å². The molecule has 1 aliphatic carbocycles. The molecule has 0 aliphatic heterocycles. The van der Waals surface area contributed by atoms with E-state index in [0.717, 1.165) is 12.8 Å². The molecule has 5 heteroatoms. The highest BCUT2D eigenvalue weighted by Crippen LogP contribution is 2.24. The lowest BCUT2D eigenvalue weighted by atomic mass is 9.86. The molecule has 2 atom stereocenters. The molecule has 1 fully saturated rings. The molecule has 1 saturated carbocycles. The molecule has 14 heavy (non-hydrogen) atoms. The van der Waals surface area contributed by atoms with E-state index >= 15 is 0 Å². The lowest BCUT2D eigenvalue weighted by molar-refractivity contribution is -0.143. The zero-order chi connectivity index (χ0) is 10.6. The molecule has 0 amide bonds. The first kappa shape index (κ1) is 11.0. The van der Waals surface area contributed by atoms with Gasteiger partial charge in [-0.1, -0.05) is 6.42 Å². The van der Waals surface area contributed by atoms with E-state index < -0.39 is 11.9 Å². The summed E-state index contributed by atoms with van der Waals surface area (Å²) in [6.45, 7) is -0.0863. The zero-order valence-electron chi connectivity index (χ0n) is 7.90. The van der Waals surface area contributed by atoms with Crippen molar-refractivity contribution in [3.05, 3.63) is 0 Å². The Bertz CT molecular complexity index is 229. The van der Waals surface area contributed by atoms with E-state index in [1.54, 1.807) is 0 Å². The van der Waals surface area contributed by atoms with E-state index in [9.17, 15) is 9.59 Å². The maximum Gasteiger partial charge on any atom is 0.317 e. The number of rotatable bonds is 4. The minimum Gasteiger partial charge on any atom is -0.481 e. The quantitative estimate of drug-likeness (QED) is 0.609. The van der Waals surface area contributed by atoms with Crippen molar-refractivity contribution in [3.63, 3.8) is 0 Å². The second-order valence-corrected chi connectivity index (χ2v) is 3.67. The summed E-state index contributed by atoms with van der Waals surface area (Å²) < 4.78 is 0. The average molecular weight is 201 g/mol. The van der Waals surface area contributed by atoms with Crippen LogP contribution in [0.25, 0.3) is 0 Å². The molecule has 3 N–H and O–H groups in total. The van der Waals surface area contributed by atoms with Crippen LogP contribution in [-0.4, -0.2) is 34.7 Å². The van der Waals surface area contributed by atoms with Gasteiger partial charge in [0.25, 0.3) is 0 Å². The summed E-state index contributed by atoms with van der Waals surface area (Å²) in [5.41, 5.74) is 0. The maximum atomic E-state index is 10.7. The van der Waals surface area contributed by atoms with Gasteiger partial charge < -0.3 is 15.5 Å². The smallest absolute Gasteiger partial charge is 0.317 e. The molecule has 0 aromatic carbocycles. The summed E-state index contributed by atoms with van der Waals surface area (Å²) in [5.74, 6) is -1.98. The predicted octanol–water partition coefficient (Wildman–Crippen LogP) is 0.304. The van der Waals surface area contributed by atoms with Crippen LogP contribution in [0.1, 0.15) is 25.7 Å². The van der Waals surface area contributed by atoms with E-state index in [-0.39, 0.29) is 18.5 Å². The average Bonchev–Trinajstić information content (AvgIpc) is 2.15. The number of nitrogens with one attached hydrogen (secondary N) is 1. The van der Waals surface area contributed by atoms with Gasteiger partial charge in [0, 0.05) is 6.04 Å². The summed E-state index contributed by atoms with van der Waals surface area (Å²) in [4.78, 5) is 21.0. The van der Waals surface area contributed by atoms with Gasteiger partial charge in [-0.2, -0.15) is 0 Å². The van der Waals surface area contributed by atoms with E-state index in [2.05, 4.69) is 5.32 Å². The standard InChI is InChI=1S/C9H15NO4/c11-8(12)5-10-7-3-1-2-6(4-7)9(13)14/h6-7,10H,1-5H2,(H,11,12)(H,13,14). The minimum absolute atomic E-state index is 0.0425. The molecule has 1 rings (SSSR count). The number of aliphatic carboxylic acids is 2. The van der Waals surface area contributed by atoms with Gasteiger partial charge in [0.15, 0.2) is 0 Å². The first-order valence-corrected chi connectivity index (χ1v) is 4.77. The molecule has 80 valence electrons. The highest BCUT2D eigenvalue weighted by Gasteiger charge is 2.26. The van der Waals surface area contributed by atoms with Crippen molar-refractivity contribution in [3.8, 4) is 0 Å². The predicted molar refractivity (Wildman–Crippen MR) is 49.0 cm³/mol. The Balaban J connectivity index is 2.32. The number of carboxylic acids is 2. The molecule has 0 radical (unpaired) electrons. The van der Waals surface area contributed by atoms with Crippen LogP contribution in [0.15, 0.2) is 0 Å². The first-order valence-electron chi connectivity index (χ1n) is 4.77. The van der Waals surface area contributed by atoms with Crippen molar-refractivity contribution in [1.29, 1.82) is 0 Å². The Morgan fingerprint density at radius 1 is 1.29 bits per heavy atom. The number of hydrogen-bond donors (Lipinski definition) is 3. The largest absolute Gasteiger partial charge is 0.481 e. The van der Waals surface area contributed by atoms with Crippen molar-refractivity contribution in [2.24, 2.45) is 5.92 Å². The summed E-state index contributed by atoms with van der Waals surface area (Å²) in [5, 5.41) is 20.1. The third-order valence-electron chi connectivity index (χ3n) is 2.57. The lowest BCUT2D eigenvalue weighted by Crippen LogP contribution is -2.38. The van der Waals surface area contributed by atoms with E-state index in [0.29, 0.717) is 12.8 Å². The van der Waals surface area contributed by atoms with E-state index in [1.807, 2.05) is 0 Å². The monoisotopic (exact) mass is 201 g/mol. The second-order valence-electron chi connectivity index (χ2n) is 3.67. The highest BCUT2D eigenvalue weighted by molar-refractivity contribution is 5.70. The molecular weight excluding hydrogens is 186 g/mol. The lowest BCUT2D eigenvalue weighted by Gasteiger charge is -2.26. The Morgan fingerprint density at radius 3 is 2.57 bits per heavy atom. The minimum atomic E-state index is -0.901. The molecule has 0 aromatic rings. The van der Waals surface area contributed by atoms with Gasteiger partial charge in [-0.3, -0.25) is 9.59 Å². The molecule has 0 saturated heterocycles. The molecule has 0 aromatic heterocycles. The van der Waals surface area contributed by atoms with Crippen LogP contribution >= 0.6 is 0 Å².